The molecule has 0 fully saturated rings. The minimum atomic E-state index is -0.353. The number of hydrogen-bond acceptors (Lipinski definition) is 4. The highest BCUT2D eigenvalue weighted by atomic mass is 16.5. The summed E-state index contributed by atoms with van der Waals surface area (Å²) in [5.74, 6) is -0.353. The van der Waals surface area contributed by atoms with Crippen LogP contribution in [-0.4, -0.2) is 5.10 Å². The first-order valence-corrected chi connectivity index (χ1v) is 4.58. The van der Waals surface area contributed by atoms with Crippen LogP contribution in [-0.2, 0) is 0 Å². The fraction of sp³-hybridized carbons (Fsp3) is 0.222. The largest absolute Gasteiger partial charge is 0.739 e. The molecule has 0 aliphatic carbocycles. The summed E-state index contributed by atoms with van der Waals surface area (Å²) in [5.41, 5.74) is 5.62. The van der Waals surface area contributed by atoms with Crippen LogP contribution >= 0.6 is 0 Å². The Morgan fingerprint density at radius 1 is 1.13 bits per heavy atom. The number of aromatic nitrogens is 3. The smallest absolute Gasteiger partial charge is 0.458 e. The number of nitrogen functional groups attached to an aromatic ring is 1. The first-order chi connectivity index (χ1) is 7.20. The summed E-state index contributed by atoms with van der Waals surface area (Å²) in [6.07, 6.45) is 0. The van der Waals surface area contributed by atoms with Gasteiger partial charge in [-0.3, -0.25) is 5.73 Å². The van der Waals surface area contributed by atoms with Crippen LogP contribution < -0.4 is 15.3 Å². The van der Waals surface area contributed by atoms with Gasteiger partial charge in [0, 0.05) is 10.9 Å². The molecule has 2 N–H and O–H groups in total. The third kappa shape index (κ3) is 1.88. The highest BCUT2D eigenvalue weighted by Crippen LogP contribution is 2.03. The lowest BCUT2D eigenvalue weighted by Crippen LogP contribution is -2.44. The van der Waals surface area contributed by atoms with Crippen molar-refractivity contribution in [3.8, 4) is 0 Å². The molecule has 0 bridgehead atoms. The highest BCUT2D eigenvalue weighted by Gasteiger charge is 2.15. The quantitative estimate of drug-likeness (QED) is 0.491. The minimum Gasteiger partial charge on any atom is -0.739 e. The number of fused-ring (bicyclic) bond motifs is 1. The van der Waals surface area contributed by atoms with Gasteiger partial charge in [0.05, 0.1) is 0 Å². The third-order valence-electron chi connectivity index (χ3n) is 1.71. The van der Waals surface area contributed by atoms with Gasteiger partial charge in [0.2, 0.25) is 5.10 Å². The molecule has 2 aromatic rings. The summed E-state index contributed by atoms with van der Waals surface area (Å²) in [7, 11) is 0. The number of nitrogens with zero attached hydrogens (tertiary/aromatic N) is 3. The molecule has 0 saturated carbocycles. The first kappa shape index (κ1) is 11.0. The molecule has 0 atom stereocenters. The van der Waals surface area contributed by atoms with Gasteiger partial charge in [0.1, 0.15) is 0 Å². The highest BCUT2D eigenvalue weighted by molar-refractivity contribution is 5.67. The summed E-state index contributed by atoms with van der Waals surface area (Å²) in [6.45, 7) is 4.00. The summed E-state index contributed by atoms with van der Waals surface area (Å²) in [4.78, 5) is 0.332. The van der Waals surface area contributed by atoms with Gasteiger partial charge >= 0.3 is 5.95 Å². The van der Waals surface area contributed by atoms with E-state index in [4.69, 9.17) is 5.73 Å². The molecule has 0 radical (unpaired) electrons. The van der Waals surface area contributed by atoms with Gasteiger partial charge in [-0.2, -0.15) is 0 Å². The average Bonchev–Trinajstić information content (AvgIpc) is 2.29. The van der Waals surface area contributed by atoms with Gasteiger partial charge in [0.25, 0.3) is 5.52 Å². The van der Waals surface area contributed by atoms with Crippen molar-refractivity contribution >= 4 is 17.0 Å². The van der Waals surface area contributed by atoms with E-state index in [1.165, 1.54) is 12.1 Å². The molecule has 1 aromatic carbocycles. The first-order valence-electron chi connectivity index (χ1n) is 4.58. The van der Waals surface area contributed by atoms with Crippen molar-refractivity contribution in [3.05, 3.63) is 34.7 Å². The maximum absolute atomic E-state index is 11.3. The Balaban J connectivity index is 0.000000531. The van der Waals surface area contributed by atoms with Gasteiger partial charge in [0.15, 0.2) is 5.52 Å². The molecular formula is C9H12N4O2. The lowest BCUT2D eigenvalue weighted by atomic mass is 10.3. The van der Waals surface area contributed by atoms with E-state index in [1.807, 2.05) is 13.8 Å². The molecule has 0 spiro atoms. The maximum atomic E-state index is 11.3. The van der Waals surface area contributed by atoms with Crippen LogP contribution in [0.5, 0.6) is 0 Å². The van der Waals surface area contributed by atoms with Crippen LogP contribution in [0.3, 0.4) is 0 Å². The van der Waals surface area contributed by atoms with E-state index in [-0.39, 0.29) is 17.0 Å². The Hall–Kier alpha value is -2.11. The van der Waals surface area contributed by atoms with Crippen molar-refractivity contribution in [2.75, 3.05) is 5.73 Å². The Morgan fingerprint density at radius 2 is 1.67 bits per heavy atom. The van der Waals surface area contributed by atoms with E-state index in [2.05, 4.69) is 5.10 Å². The van der Waals surface area contributed by atoms with Crippen LogP contribution in [0.15, 0.2) is 24.3 Å². The third-order valence-corrected chi connectivity index (χ3v) is 1.71. The predicted molar refractivity (Wildman–Crippen MR) is 55.4 cm³/mol. The normalized spacial score (nSPS) is 9.47. The van der Waals surface area contributed by atoms with Gasteiger partial charge < -0.3 is 10.4 Å². The zero-order valence-corrected chi connectivity index (χ0v) is 8.54. The molecular weight excluding hydrogens is 196 g/mol. The topological polar surface area (TPSA) is 92.8 Å². The van der Waals surface area contributed by atoms with Crippen molar-refractivity contribution in [1.82, 2.24) is 5.10 Å². The Morgan fingerprint density at radius 3 is 2.27 bits per heavy atom. The molecule has 0 aliphatic rings. The molecule has 0 saturated heterocycles. The summed E-state index contributed by atoms with van der Waals surface area (Å²) >= 11 is 0. The lowest BCUT2D eigenvalue weighted by Gasteiger charge is -2.05. The van der Waals surface area contributed by atoms with E-state index >= 15 is 0 Å². The summed E-state index contributed by atoms with van der Waals surface area (Å²) < 4.78 is 0.420. The second kappa shape index (κ2) is 4.41. The number of para-hydroxylation sites is 2. The maximum Gasteiger partial charge on any atom is 0.458 e. The van der Waals surface area contributed by atoms with E-state index in [1.54, 1.807) is 12.1 Å². The minimum absolute atomic E-state index is 0.201. The van der Waals surface area contributed by atoms with E-state index in [9.17, 15) is 10.4 Å². The average molecular weight is 208 g/mol. The molecule has 0 amide bonds. The summed E-state index contributed by atoms with van der Waals surface area (Å²) in [6, 6.07) is 6.31. The number of anilines is 1. The number of benzene rings is 1. The van der Waals surface area contributed by atoms with Crippen LogP contribution in [0.2, 0.25) is 0 Å². The molecule has 0 aliphatic heterocycles. The van der Waals surface area contributed by atoms with Crippen LogP contribution in [0, 0.1) is 10.4 Å². The fourth-order valence-corrected chi connectivity index (χ4v) is 1.11. The predicted octanol–water partition coefficient (Wildman–Crippen LogP) is 0.110. The van der Waals surface area contributed by atoms with Gasteiger partial charge in [-0.05, 0) is 6.07 Å². The van der Waals surface area contributed by atoms with Crippen molar-refractivity contribution in [2.24, 2.45) is 0 Å². The van der Waals surface area contributed by atoms with Gasteiger partial charge in [-0.15, -0.1) is 0 Å². The standard InChI is InChI=1S/C7H6N4O2.C2H6/c8-7-9-11(13)6-4-2-1-3-5(6)10(7)12;1-2/h1-4H,(H2,8,9);1-2H3. The van der Waals surface area contributed by atoms with E-state index in [0.29, 0.717) is 9.58 Å². The zero-order chi connectivity index (χ0) is 11.4. The molecule has 1 aromatic heterocycles. The number of rotatable bonds is 0. The molecule has 80 valence electrons. The summed E-state index contributed by atoms with van der Waals surface area (Å²) in [5, 5.41) is 25.7. The van der Waals surface area contributed by atoms with Gasteiger partial charge in [-0.25, -0.2) is 4.73 Å². The monoisotopic (exact) mass is 208 g/mol. The Kier molecular flexibility index (Phi) is 3.22. The fourth-order valence-electron chi connectivity index (χ4n) is 1.11. The molecule has 15 heavy (non-hydrogen) atoms. The Bertz CT molecular complexity index is 473. The number of nitrogens with two attached hydrogens (primary N) is 1. The van der Waals surface area contributed by atoms with Crippen molar-refractivity contribution in [1.29, 1.82) is 0 Å². The van der Waals surface area contributed by atoms with Gasteiger partial charge in [-0.1, -0.05) is 26.0 Å². The van der Waals surface area contributed by atoms with Crippen molar-refractivity contribution < 1.29 is 9.58 Å². The number of hydrogen-bond donors (Lipinski definition) is 1. The van der Waals surface area contributed by atoms with Crippen LogP contribution in [0.25, 0.3) is 11.0 Å². The molecule has 0 unspecified atom stereocenters. The molecule has 2 rings (SSSR count). The lowest BCUT2D eigenvalue weighted by molar-refractivity contribution is -0.672. The van der Waals surface area contributed by atoms with E-state index < -0.39 is 0 Å². The van der Waals surface area contributed by atoms with Crippen LogP contribution in [0.1, 0.15) is 13.8 Å². The molecule has 6 heteroatoms. The molecule has 6 nitrogen and oxygen atoms in total. The van der Waals surface area contributed by atoms with Crippen molar-refractivity contribution in [2.45, 2.75) is 13.8 Å². The van der Waals surface area contributed by atoms with Crippen molar-refractivity contribution in [3.63, 3.8) is 0 Å². The zero-order valence-electron chi connectivity index (χ0n) is 8.54. The second-order valence-corrected chi connectivity index (χ2v) is 2.51. The van der Waals surface area contributed by atoms with Crippen LogP contribution in [0.4, 0.5) is 5.95 Å². The molecule has 1 heterocycles. The second-order valence-electron chi connectivity index (χ2n) is 2.51. The van der Waals surface area contributed by atoms with E-state index in [0.717, 1.165) is 0 Å². The Labute approximate surface area is 86.7 Å². The SMILES string of the molecule is CC.Nc1n[n+]([O-])c2ccccc2[n+]1[O-].